The van der Waals surface area contributed by atoms with Crippen molar-refractivity contribution in [2.75, 3.05) is 6.54 Å². The minimum absolute atomic E-state index is 0.265. The summed E-state index contributed by atoms with van der Waals surface area (Å²) in [5, 5.41) is 2.21. The number of fused-ring (bicyclic) bond motifs is 1. The summed E-state index contributed by atoms with van der Waals surface area (Å²) < 4.78 is 28.4. The van der Waals surface area contributed by atoms with Crippen molar-refractivity contribution in [2.24, 2.45) is 4.40 Å². The van der Waals surface area contributed by atoms with Crippen LogP contribution in [0.5, 0.6) is 0 Å². The minimum atomic E-state index is -3.46. The molecule has 1 aliphatic rings. The highest BCUT2D eigenvalue weighted by atomic mass is 32.2. The Balaban J connectivity index is 2.14. The lowest BCUT2D eigenvalue weighted by atomic mass is 10.0. The van der Waals surface area contributed by atoms with Gasteiger partial charge in [-0.05, 0) is 22.4 Å². The Morgan fingerprint density at radius 1 is 1.06 bits per heavy atom. The average molecular weight is 246 g/mol. The van der Waals surface area contributed by atoms with Gasteiger partial charge in [0.2, 0.25) is 0 Å². The molecule has 0 amide bonds. The zero-order chi connectivity index (χ0) is 11.9. The van der Waals surface area contributed by atoms with E-state index in [1.807, 2.05) is 42.5 Å². The fourth-order valence-corrected chi connectivity index (χ4v) is 2.74. The van der Waals surface area contributed by atoms with Crippen LogP contribution in [-0.2, 0) is 10.2 Å². The molecule has 17 heavy (non-hydrogen) atoms. The summed E-state index contributed by atoms with van der Waals surface area (Å²) in [6.45, 7) is 0.265. The van der Waals surface area contributed by atoms with Crippen LogP contribution < -0.4 is 4.72 Å². The van der Waals surface area contributed by atoms with E-state index in [0.717, 1.165) is 16.3 Å². The summed E-state index contributed by atoms with van der Waals surface area (Å²) in [5.41, 5.74) is 1.41. The molecule has 0 aliphatic carbocycles. The second-order valence-electron chi connectivity index (χ2n) is 3.90. The third-order valence-corrected chi connectivity index (χ3v) is 3.70. The van der Waals surface area contributed by atoms with Crippen LogP contribution in [0.15, 0.2) is 46.9 Å². The first kappa shape index (κ1) is 10.4. The number of benzene rings is 2. The molecule has 0 saturated carbocycles. The van der Waals surface area contributed by atoms with Gasteiger partial charge in [0.15, 0.2) is 0 Å². The Labute approximate surface area is 99.2 Å². The summed E-state index contributed by atoms with van der Waals surface area (Å²) in [5.74, 6) is 0. The van der Waals surface area contributed by atoms with E-state index >= 15 is 0 Å². The molecule has 0 fully saturated rings. The summed E-state index contributed by atoms with van der Waals surface area (Å²) in [4.78, 5) is 0. The highest BCUT2D eigenvalue weighted by Crippen LogP contribution is 2.17. The topological polar surface area (TPSA) is 58.5 Å². The van der Waals surface area contributed by atoms with Gasteiger partial charge < -0.3 is 0 Å². The first-order chi connectivity index (χ1) is 8.14. The van der Waals surface area contributed by atoms with Crippen LogP contribution in [0, 0.1) is 0 Å². The van der Waals surface area contributed by atoms with Crippen molar-refractivity contribution in [3.8, 4) is 0 Å². The van der Waals surface area contributed by atoms with Crippen molar-refractivity contribution >= 4 is 26.7 Å². The summed E-state index contributed by atoms with van der Waals surface area (Å²) in [6, 6.07) is 13.8. The molecule has 1 heterocycles. The molecular weight excluding hydrogens is 236 g/mol. The summed E-state index contributed by atoms with van der Waals surface area (Å²) in [7, 11) is -3.46. The van der Waals surface area contributed by atoms with Crippen molar-refractivity contribution < 1.29 is 8.42 Å². The Morgan fingerprint density at radius 3 is 2.53 bits per heavy atom. The van der Waals surface area contributed by atoms with Crippen LogP contribution in [0.2, 0.25) is 0 Å². The molecule has 0 atom stereocenters. The number of nitrogens with one attached hydrogen (secondary N) is 1. The average Bonchev–Trinajstić information content (AvgIpc) is 2.69. The molecule has 0 bridgehead atoms. The number of hydrogen-bond donors (Lipinski definition) is 1. The molecule has 0 radical (unpaired) electrons. The highest BCUT2D eigenvalue weighted by Gasteiger charge is 2.20. The number of hydrogen-bond acceptors (Lipinski definition) is 2. The van der Waals surface area contributed by atoms with Gasteiger partial charge in [-0.25, -0.2) is 0 Å². The summed E-state index contributed by atoms with van der Waals surface area (Å²) >= 11 is 0. The van der Waals surface area contributed by atoms with Gasteiger partial charge in [-0.1, -0.05) is 36.4 Å². The molecule has 1 aliphatic heterocycles. The highest BCUT2D eigenvalue weighted by molar-refractivity contribution is 7.88. The lowest BCUT2D eigenvalue weighted by molar-refractivity contribution is 0.592. The van der Waals surface area contributed by atoms with Crippen LogP contribution in [0.3, 0.4) is 0 Å². The molecule has 1 N–H and O–H groups in total. The maximum Gasteiger partial charge on any atom is 0.320 e. The summed E-state index contributed by atoms with van der Waals surface area (Å²) in [6.07, 6.45) is 0. The van der Waals surface area contributed by atoms with Crippen LogP contribution in [-0.4, -0.2) is 20.7 Å². The quantitative estimate of drug-likeness (QED) is 0.828. The Bertz CT molecular complexity index is 720. The van der Waals surface area contributed by atoms with E-state index in [9.17, 15) is 8.42 Å². The first-order valence-corrected chi connectivity index (χ1v) is 6.66. The van der Waals surface area contributed by atoms with Crippen molar-refractivity contribution in [1.29, 1.82) is 0 Å². The predicted octanol–water partition coefficient (Wildman–Crippen LogP) is 1.48. The Morgan fingerprint density at radius 2 is 1.82 bits per heavy atom. The molecule has 0 spiro atoms. The van der Waals surface area contributed by atoms with Gasteiger partial charge in [-0.3, -0.25) is 0 Å². The van der Waals surface area contributed by atoms with Gasteiger partial charge in [-0.2, -0.15) is 17.5 Å². The number of rotatable bonds is 1. The van der Waals surface area contributed by atoms with E-state index in [4.69, 9.17) is 0 Å². The van der Waals surface area contributed by atoms with E-state index in [2.05, 4.69) is 9.12 Å². The molecule has 2 aromatic carbocycles. The zero-order valence-corrected chi connectivity index (χ0v) is 9.74. The lowest BCUT2D eigenvalue weighted by Gasteiger charge is -2.01. The van der Waals surface area contributed by atoms with Crippen molar-refractivity contribution in [1.82, 2.24) is 4.72 Å². The molecule has 86 valence electrons. The monoisotopic (exact) mass is 246 g/mol. The molecule has 0 aromatic heterocycles. The largest absolute Gasteiger partial charge is 0.320 e. The van der Waals surface area contributed by atoms with E-state index in [-0.39, 0.29) is 6.54 Å². The van der Waals surface area contributed by atoms with E-state index in [1.165, 1.54) is 0 Å². The van der Waals surface area contributed by atoms with Crippen molar-refractivity contribution in [2.45, 2.75) is 0 Å². The smallest absolute Gasteiger partial charge is 0.190 e. The molecule has 5 heteroatoms. The second-order valence-corrected chi connectivity index (χ2v) is 5.32. The van der Waals surface area contributed by atoms with Crippen LogP contribution in [0.25, 0.3) is 10.8 Å². The Hall–Kier alpha value is -1.72. The molecule has 2 aromatic rings. The van der Waals surface area contributed by atoms with Gasteiger partial charge in [0.1, 0.15) is 0 Å². The molecular formula is C12H10N2O2S. The van der Waals surface area contributed by atoms with Gasteiger partial charge in [0.05, 0.1) is 12.3 Å². The standard InChI is InChI=1S/C12H10N2O2S/c15-17(16)13-8-12(14-17)11-6-5-9-3-1-2-4-10(9)7-11/h1-7,13H,8H2. The van der Waals surface area contributed by atoms with E-state index < -0.39 is 10.2 Å². The molecule has 3 rings (SSSR count). The fraction of sp³-hybridized carbons (Fsp3) is 0.0833. The van der Waals surface area contributed by atoms with Crippen LogP contribution in [0.1, 0.15) is 5.56 Å². The normalized spacial score (nSPS) is 18.2. The SMILES string of the molecule is O=S1(=O)N=C(c2ccc3ccccc3c2)CN1. The maximum absolute atomic E-state index is 11.2. The lowest BCUT2D eigenvalue weighted by Crippen LogP contribution is -2.18. The predicted molar refractivity (Wildman–Crippen MR) is 67.4 cm³/mol. The molecule has 4 nitrogen and oxygen atoms in total. The van der Waals surface area contributed by atoms with Gasteiger partial charge in [0.25, 0.3) is 0 Å². The van der Waals surface area contributed by atoms with Gasteiger partial charge in [-0.15, -0.1) is 0 Å². The van der Waals surface area contributed by atoms with Gasteiger partial charge >= 0.3 is 10.2 Å². The van der Waals surface area contributed by atoms with Crippen LogP contribution in [0.4, 0.5) is 0 Å². The number of nitrogens with zero attached hydrogens (tertiary/aromatic N) is 1. The third-order valence-electron chi connectivity index (χ3n) is 2.74. The fourth-order valence-electron chi connectivity index (χ4n) is 1.89. The van der Waals surface area contributed by atoms with Crippen molar-refractivity contribution in [3.05, 3.63) is 48.0 Å². The van der Waals surface area contributed by atoms with E-state index in [0.29, 0.717) is 5.71 Å². The maximum atomic E-state index is 11.2. The first-order valence-electron chi connectivity index (χ1n) is 5.22. The van der Waals surface area contributed by atoms with E-state index in [1.54, 1.807) is 0 Å². The van der Waals surface area contributed by atoms with Crippen LogP contribution >= 0.6 is 0 Å². The van der Waals surface area contributed by atoms with Gasteiger partial charge in [0, 0.05) is 0 Å². The minimum Gasteiger partial charge on any atom is -0.190 e. The second kappa shape index (κ2) is 3.65. The molecule has 0 saturated heterocycles. The third kappa shape index (κ3) is 1.94. The zero-order valence-electron chi connectivity index (χ0n) is 8.92. The molecule has 0 unspecified atom stereocenters. The van der Waals surface area contributed by atoms with Crippen molar-refractivity contribution in [3.63, 3.8) is 0 Å². The Kier molecular flexibility index (Phi) is 2.24.